The number of aromatic nitrogens is 1. The first-order chi connectivity index (χ1) is 24.6. The minimum absolute atomic E-state index is 0.00115. The Balaban J connectivity index is 1.28. The van der Waals surface area contributed by atoms with Crippen molar-refractivity contribution in [2.75, 3.05) is 0 Å². The number of nitrogens with zero attached hydrogens (tertiary/aromatic N) is 3. The second-order valence-electron chi connectivity index (χ2n) is 13.9. The Morgan fingerprint density at radius 2 is 1.72 bits per heavy atom. The summed E-state index contributed by atoms with van der Waals surface area (Å²) in [6.07, 6.45) is 21.9. The molecule has 0 N–H and O–H groups in total. The van der Waals surface area contributed by atoms with Crippen molar-refractivity contribution in [1.29, 1.82) is 0 Å². The zero-order valence-corrected chi connectivity index (χ0v) is 29.6. The number of fused-ring (bicyclic) bond motifs is 4. The lowest BCUT2D eigenvalue weighted by molar-refractivity contribution is 0.228. The summed E-state index contributed by atoms with van der Waals surface area (Å²) in [5.74, 6) is 1.68. The lowest BCUT2D eigenvalue weighted by Crippen LogP contribution is -2.41. The van der Waals surface area contributed by atoms with Crippen LogP contribution in [-0.2, 0) is 12.0 Å². The Bertz CT molecular complexity index is 2070. The SMILES string of the molecule is C=NC(=NCc1ccccc1)c1cccc(-c2cccc(-c3ccc4c(c3)C3=C(CC=CC=C3)C43C(C)CC/C(=C/C)CC3CC=CC)n2)c1. The van der Waals surface area contributed by atoms with E-state index in [1.54, 1.807) is 11.1 Å². The summed E-state index contributed by atoms with van der Waals surface area (Å²) in [7, 11) is 0. The van der Waals surface area contributed by atoms with Crippen molar-refractivity contribution in [1.82, 2.24) is 4.98 Å². The minimum Gasteiger partial charge on any atom is -0.261 e. The van der Waals surface area contributed by atoms with Crippen molar-refractivity contribution >= 4 is 18.1 Å². The Kier molecular flexibility index (Phi) is 9.85. The molecule has 1 aromatic heterocycles. The molecule has 1 heterocycles. The zero-order valence-electron chi connectivity index (χ0n) is 29.6. The van der Waals surface area contributed by atoms with Gasteiger partial charge in [0.1, 0.15) is 0 Å². The van der Waals surface area contributed by atoms with Crippen LogP contribution >= 0.6 is 0 Å². The summed E-state index contributed by atoms with van der Waals surface area (Å²) in [5, 5.41) is 0. The number of rotatable bonds is 7. The first-order valence-electron chi connectivity index (χ1n) is 18.2. The van der Waals surface area contributed by atoms with Gasteiger partial charge in [-0.25, -0.2) is 9.98 Å². The van der Waals surface area contributed by atoms with Gasteiger partial charge in [-0.2, -0.15) is 0 Å². The van der Waals surface area contributed by atoms with E-state index >= 15 is 0 Å². The fourth-order valence-electron chi connectivity index (χ4n) is 8.75. The quantitative estimate of drug-likeness (QED) is 0.111. The van der Waals surface area contributed by atoms with Crippen LogP contribution in [-0.4, -0.2) is 17.5 Å². The maximum atomic E-state index is 5.24. The third-order valence-corrected chi connectivity index (χ3v) is 11.2. The lowest BCUT2D eigenvalue weighted by atomic mass is 9.58. The van der Waals surface area contributed by atoms with Gasteiger partial charge in [0, 0.05) is 22.1 Å². The van der Waals surface area contributed by atoms with Gasteiger partial charge in [0.25, 0.3) is 0 Å². The van der Waals surface area contributed by atoms with Gasteiger partial charge in [0.2, 0.25) is 0 Å². The van der Waals surface area contributed by atoms with E-state index in [4.69, 9.17) is 9.98 Å². The second kappa shape index (κ2) is 14.8. The predicted molar refractivity (Wildman–Crippen MR) is 213 cm³/mol. The summed E-state index contributed by atoms with van der Waals surface area (Å²) in [4.78, 5) is 14.3. The molecule has 0 radical (unpaired) electrons. The van der Waals surface area contributed by atoms with Crippen molar-refractivity contribution < 1.29 is 0 Å². The van der Waals surface area contributed by atoms with Gasteiger partial charge in [-0.1, -0.05) is 122 Å². The molecule has 0 bridgehead atoms. The van der Waals surface area contributed by atoms with Crippen molar-refractivity contribution in [2.24, 2.45) is 21.8 Å². The highest BCUT2D eigenvalue weighted by Gasteiger charge is 2.53. The zero-order chi connectivity index (χ0) is 34.5. The Morgan fingerprint density at radius 1 is 0.920 bits per heavy atom. The molecule has 3 aliphatic carbocycles. The summed E-state index contributed by atoms with van der Waals surface area (Å²) in [6.45, 7) is 11.3. The number of allylic oxidation sites excluding steroid dienone is 10. The molecule has 1 saturated carbocycles. The van der Waals surface area contributed by atoms with Crippen LogP contribution in [0.4, 0.5) is 0 Å². The molecule has 250 valence electrons. The Labute approximate surface area is 298 Å². The van der Waals surface area contributed by atoms with E-state index in [9.17, 15) is 0 Å². The molecule has 3 unspecified atom stereocenters. The van der Waals surface area contributed by atoms with Crippen LogP contribution in [0.3, 0.4) is 0 Å². The Hall–Kier alpha value is -5.15. The number of hydrogen-bond acceptors (Lipinski definition) is 2. The molecule has 0 saturated heterocycles. The van der Waals surface area contributed by atoms with E-state index in [-0.39, 0.29) is 5.41 Å². The topological polar surface area (TPSA) is 37.6 Å². The van der Waals surface area contributed by atoms with Crippen molar-refractivity contribution in [2.45, 2.75) is 64.8 Å². The molecule has 50 heavy (non-hydrogen) atoms. The number of pyridine rings is 1. The molecule has 1 fully saturated rings. The summed E-state index contributed by atoms with van der Waals surface area (Å²) in [6, 6.07) is 32.1. The van der Waals surface area contributed by atoms with E-state index in [1.165, 1.54) is 29.5 Å². The Morgan fingerprint density at radius 3 is 2.50 bits per heavy atom. The molecule has 3 nitrogen and oxygen atoms in total. The van der Waals surface area contributed by atoms with E-state index in [0.717, 1.165) is 52.9 Å². The first-order valence-corrected chi connectivity index (χ1v) is 18.2. The van der Waals surface area contributed by atoms with Gasteiger partial charge in [0.05, 0.1) is 17.9 Å². The highest BCUT2D eigenvalue weighted by atomic mass is 14.9. The van der Waals surface area contributed by atoms with Crippen LogP contribution in [0.5, 0.6) is 0 Å². The highest BCUT2D eigenvalue weighted by Crippen LogP contribution is 2.61. The van der Waals surface area contributed by atoms with Crippen molar-refractivity contribution in [3.05, 3.63) is 167 Å². The fourth-order valence-corrected chi connectivity index (χ4v) is 8.75. The number of amidine groups is 1. The smallest absolute Gasteiger partial charge is 0.154 e. The first kappa shape index (κ1) is 33.4. The van der Waals surface area contributed by atoms with E-state index in [0.29, 0.717) is 24.2 Å². The third kappa shape index (κ3) is 6.22. The van der Waals surface area contributed by atoms with Crippen molar-refractivity contribution in [3.63, 3.8) is 0 Å². The van der Waals surface area contributed by atoms with Crippen LogP contribution in [0.25, 0.3) is 28.1 Å². The summed E-state index contributed by atoms with van der Waals surface area (Å²) in [5.41, 5.74) is 13.7. The van der Waals surface area contributed by atoms with Crippen LogP contribution < -0.4 is 0 Å². The molecule has 4 aromatic rings. The number of benzene rings is 3. The van der Waals surface area contributed by atoms with Crippen LogP contribution in [0.2, 0.25) is 0 Å². The minimum atomic E-state index is 0.00115. The molecule has 3 heteroatoms. The summed E-state index contributed by atoms with van der Waals surface area (Å²) < 4.78 is 0. The maximum absolute atomic E-state index is 5.24. The molecule has 7 rings (SSSR count). The lowest BCUT2D eigenvalue weighted by Gasteiger charge is -2.45. The molecule has 3 aromatic carbocycles. The van der Waals surface area contributed by atoms with Crippen LogP contribution in [0.15, 0.2) is 155 Å². The van der Waals surface area contributed by atoms with Crippen molar-refractivity contribution in [3.8, 4) is 22.5 Å². The van der Waals surface area contributed by atoms with Crippen LogP contribution in [0, 0.1) is 11.8 Å². The fraction of sp³-hybridized carbons (Fsp3) is 0.255. The van der Waals surface area contributed by atoms with Gasteiger partial charge >= 0.3 is 0 Å². The largest absolute Gasteiger partial charge is 0.261 e. The second-order valence-corrected chi connectivity index (χ2v) is 13.9. The molecular formula is C47H47N3. The number of hydrogen-bond donors (Lipinski definition) is 0. The van der Waals surface area contributed by atoms with Gasteiger partial charge < -0.3 is 0 Å². The van der Waals surface area contributed by atoms with Gasteiger partial charge in [-0.15, -0.1) is 0 Å². The van der Waals surface area contributed by atoms with E-state index < -0.39 is 0 Å². The normalized spacial score (nSPS) is 22.5. The monoisotopic (exact) mass is 653 g/mol. The van der Waals surface area contributed by atoms with E-state index in [2.05, 4.69) is 142 Å². The molecule has 0 amide bonds. The average Bonchev–Trinajstić information content (AvgIpc) is 3.30. The molecule has 3 aliphatic rings. The standard InChI is InChI=1S/C47H47N3/c1-5-7-20-39-29-34(6-2)26-25-33(3)47(39)42-22-13-9-12-21-40(42)41-31-37(27-28-43(41)47)45-24-15-23-44(50-45)36-18-14-19-38(30-36)46(48-4)49-32-35-16-10-8-11-17-35/h5-19,21,23-24,27-28,30-31,33,39H,4,20,22,25-26,29,32H2,1-3H3/b7-5?,34-6-,49-46?. The van der Waals surface area contributed by atoms with Gasteiger partial charge in [0.15, 0.2) is 5.84 Å². The van der Waals surface area contributed by atoms with Crippen LogP contribution in [0.1, 0.15) is 75.1 Å². The predicted octanol–water partition coefficient (Wildman–Crippen LogP) is 11.9. The number of aliphatic imine (C=N–C) groups is 2. The molecule has 1 spiro atoms. The van der Waals surface area contributed by atoms with Gasteiger partial charge in [-0.3, -0.25) is 4.99 Å². The molecule has 3 atom stereocenters. The van der Waals surface area contributed by atoms with E-state index in [1.807, 2.05) is 24.3 Å². The average molecular weight is 654 g/mol. The highest BCUT2D eigenvalue weighted by molar-refractivity contribution is 6.02. The molecule has 0 aliphatic heterocycles. The summed E-state index contributed by atoms with van der Waals surface area (Å²) >= 11 is 0. The third-order valence-electron chi connectivity index (χ3n) is 11.2. The molecular weight excluding hydrogens is 607 g/mol. The van der Waals surface area contributed by atoms with Gasteiger partial charge in [-0.05, 0) is 117 Å². The maximum Gasteiger partial charge on any atom is 0.154 e.